The van der Waals surface area contributed by atoms with E-state index in [1.807, 2.05) is 19.1 Å². The third kappa shape index (κ3) is 1.81. The molecule has 0 aliphatic carbocycles. The Morgan fingerprint density at radius 1 is 1.73 bits per heavy atom. The zero-order valence-electron chi connectivity index (χ0n) is 6.33. The van der Waals surface area contributed by atoms with Crippen molar-refractivity contribution in [2.45, 2.75) is 13.3 Å². The van der Waals surface area contributed by atoms with E-state index in [0.29, 0.717) is 11.9 Å². The molecular weight excluding hydrogens is 135 g/mol. The van der Waals surface area contributed by atoms with Gasteiger partial charge in [0.1, 0.15) is 7.85 Å². The summed E-state index contributed by atoms with van der Waals surface area (Å²) in [5.74, 6) is 0. The van der Waals surface area contributed by atoms with Crippen molar-refractivity contribution in [1.29, 1.82) is 5.26 Å². The highest BCUT2D eigenvalue weighted by Gasteiger charge is 1.97. The molecule has 0 atom stereocenters. The van der Waals surface area contributed by atoms with E-state index in [-0.39, 0.29) is 0 Å². The van der Waals surface area contributed by atoms with Gasteiger partial charge in [-0.05, 0) is 12.5 Å². The van der Waals surface area contributed by atoms with E-state index in [0.717, 1.165) is 11.3 Å². The van der Waals surface area contributed by atoms with Crippen molar-refractivity contribution < 1.29 is 0 Å². The molecule has 1 aromatic rings. The molecule has 0 N–H and O–H groups in total. The molecule has 0 aliphatic heterocycles. The maximum Gasteiger partial charge on any atom is 0.115 e. The van der Waals surface area contributed by atoms with Gasteiger partial charge in [0, 0.05) is 6.20 Å². The van der Waals surface area contributed by atoms with Gasteiger partial charge in [0.25, 0.3) is 0 Å². The normalized spacial score (nSPS) is 9.09. The first-order valence-corrected chi connectivity index (χ1v) is 3.32. The number of aromatic nitrogens is 1. The minimum Gasteiger partial charge on any atom is -0.261 e. The van der Waals surface area contributed by atoms with Gasteiger partial charge in [-0.1, -0.05) is 11.5 Å². The Morgan fingerprint density at radius 2 is 2.45 bits per heavy atom. The SMILES string of the molecule is [B]c1cnc(CC#N)c(C)c1. The average Bonchev–Trinajstić information content (AvgIpc) is 1.95. The Balaban J connectivity index is 3.01. The first kappa shape index (κ1) is 7.81. The van der Waals surface area contributed by atoms with Crippen LogP contribution in [-0.2, 0) is 6.42 Å². The molecule has 0 amide bonds. The first-order valence-electron chi connectivity index (χ1n) is 3.32. The third-order valence-corrected chi connectivity index (χ3v) is 1.45. The summed E-state index contributed by atoms with van der Waals surface area (Å²) in [6.07, 6.45) is 1.92. The molecule has 11 heavy (non-hydrogen) atoms. The number of nitriles is 1. The van der Waals surface area contributed by atoms with Crippen LogP contribution in [0.15, 0.2) is 12.3 Å². The van der Waals surface area contributed by atoms with Crippen LogP contribution in [0.4, 0.5) is 0 Å². The Labute approximate surface area is 67.3 Å². The first-order chi connectivity index (χ1) is 5.24. The van der Waals surface area contributed by atoms with Crippen molar-refractivity contribution in [3.8, 4) is 6.07 Å². The Bertz CT molecular complexity index is 301. The second-order valence-corrected chi connectivity index (χ2v) is 2.37. The molecule has 0 saturated carbocycles. The smallest absolute Gasteiger partial charge is 0.115 e. The zero-order valence-corrected chi connectivity index (χ0v) is 6.33. The summed E-state index contributed by atoms with van der Waals surface area (Å²) in [4.78, 5) is 4.02. The third-order valence-electron chi connectivity index (χ3n) is 1.45. The zero-order chi connectivity index (χ0) is 8.27. The van der Waals surface area contributed by atoms with Gasteiger partial charge in [-0.15, -0.1) is 0 Å². The molecule has 1 rings (SSSR count). The number of rotatable bonds is 1. The highest BCUT2D eigenvalue weighted by molar-refractivity contribution is 6.32. The number of pyridine rings is 1. The van der Waals surface area contributed by atoms with Gasteiger partial charge in [0.05, 0.1) is 18.2 Å². The number of hydrogen-bond acceptors (Lipinski definition) is 2. The molecule has 3 heteroatoms. The van der Waals surface area contributed by atoms with Crippen LogP contribution in [0.2, 0.25) is 0 Å². The molecule has 2 radical (unpaired) electrons. The van der Waals surface area contributed by atoms with E-state index >= 15 is 0 Å². The summed E-state index contributed by atoms with van der Waals surface area (Å²) in [5, 5.41) is 8.39. The van der Waals surface area contributed by atoms with Crippen LogP contribution in [0.25, 0.3) is 0 Å². The molecule has 0 fully saturated rings. The minimum atomic E-state index is 0.353. The molecule has 2 nitrogen and oxygen atoms in total. The maximum atomic E-state index is 8.39. The largest absolute Gasteiger partial charge is 0.261 e. The highest BCUT2D eigenvalue weighted by atomic mass is 14.7. The lowest BCUT2D eigenvalue weighted by molar-refractivity contribution is 1.08. The predicted octanol–water partition coefficient (Wildman–Crippen LogP) is 0.250. The van der Waals surface area contributed by atoms with Crippen LogP contribution in [0, 0.1) is 18.3 Å². The van der Waals surface area contributed by atoms with Crippen LogP contribution in [0.5, 0.6) is 0 Å². The van der Waals surface area contributed by atoms with E-state index < -0.39 is 0 Å². The van der Waals surface area contributed by atoms with Crippen molar-refractivity contribution in [1.82, 2.24) is 4.98 Å². The predicted molar refractivity (Wildman–Crippen MR) is 43.7 cm³/mol. The van der Waals surface area contributed by atoms with Gasteiger partial charge in [-0.25, -0.2) is 0 Å². The van der Waals surface area contributed by atoms with Gasteiger partial charge in [-0.2, -0.15) is 5.26 Å². The molecule has 0 bridgehead atoms. The van der Waals surface area contributed by atoms with Crippen molar-refractivity contribution in [2.24, 2.45) is 0 Å². The van der Waals surface area contributed by atoms with Crippen molar-refractivity contribution >= 4 is 13.3 Å². The Kier molecular flexibility index (Phi) is 2.27. The van der Waals surface area contributed by atoms with Crippen molar-refractivity contribution in [3.63, 3.8) is 0 Å². The topological polar surface area (TPSA) is 36.7 Å². The standard InChI is InChI=1S/C8H7BN2/c1-6-4-7(9)5-11-8(6)2-3-10/h4-5H,2H2,1H3. The molecule has 0 aliphatic rings. The average molecular weight is 142 g/mol. The van der Waals surface area contributed by atoms with Crippen molar-refractivity contribution in [3.05, 3.63) is 23.5 Å². The van der Waals surface area contributed by atoms with E-state index in [1.54, 1.807) is 6.20 Å². The highest BCUT2D eigenvalue weighted by Crippen LogP contribution is 2.00. The van der Waals surface area contributed by atoms with Gasteiger partial charge in [0.15, 0.2) is 0 Å². The molecule has 0 saturated heterocycles. The monoisotopic (exact) mass is 142 g/mol. The minimum absolute atomic E-state index is 0.353. The maximum absolute atomic E-state index is 8.39. The van der Waals surface area contributed by atoms with Crippen LogP contribution < -0.4 is 5.46 Å². The van der Waals surface area contributed by atoms with Crippen molar-refractivity contribution in [2.75, 3.05) is 0 Å². The van der Waals surface area contributed by atoms with Crippen LogP contribution >= 0.6 is 0 Å². The molecular formula is C8H7BN2. The van der Waals surface area contributed by atoms with Gasteiger partial charge >= 0.3 is 0 Å². The molecule has 1 aromatic heterocycles. The van der Waals surface area contributed by atoms with Crippen LogP contribution in [0.3, 0.4) is 0 Å². The number of aryl methyl sites for hydroxylation is 1. The summed E-state index contributed by atoms with van der Waals surface area (Å²) in [6, 6.07) is 3.86. The van der Waals surface area contributed by atoms with E-state index in [9.17, 15) is 0 Å². The molecule has 0 unspecified atom stereocenters. The summed E-state index contributed by atoms with van der Waals surface area (Å²) >= 11 is 0. The van der Waals surface area contributed by atoms with E-state index in [1.165, 1.54) is 0 Å². The van der Waals surface area contributed by atoms with Crippen LogP contribution in [-0.4, -0.2) is 12.8 Å². The molecule has 0 spiro atoms. The van der Waals surface area contributed by atoms with Gasteiger partial charge in [0.2, 0.25) is 0 Å². The summed E-state index contributed by atoms with van der Waals surface area (Å²) < 4.78 is 0. The second kappa shape index (κ2) is 3.20. The lowest BCUT2D eigenvalue weighted by Gasteiger charge is -2.00. The van der Waals surface area contributed by atoms with Crippen LogP contribution in [0.1, 0.15) is 11.3 Å². The molecule has 1 heterocycles. The molecule has 0 aromatic carbocycles. The lowest BCUT2D eigenvalue weighted by atomic mass is 9.96. The lowest BCUT2D eigenvalue weighted by Crippen LogP contribution is -2.06. The number of hydrogen-bond donors (Lipinski definition) is 0. The fourth-order valence-corrected chi connectivity index (χ4v) is 0.885. The van der Waals surface area contributed by atoms with Gasteiger partial charge in [-0.3, -0.25) is 4.98 Å². The Hall–Kier alpha value is -1.30. The van der Waals surface area contributed by atoms with E-state index in [2.05, 4.69) is 4.98 Å². The summed E-state index contributed by atoms with van der Waals surface area (Å²) in [7, 11) is 5.48. The quantitative estimate of drug-likeness (QED) is 0.527. The fourth-order valence-electron chi connectivity index (χ4n) is 0.885. The summed E-state index contributed by atoms with van der Waals surface area (Å²) in [5.41, 5.74) is 2.43. The van der Waals surface area contributed by atoms with Gasteiger partial charge < -0.3 is 0 Å². The Morgan fingerprint density at radius 3 is 3.00 bits per heavy atom. The summed E-state index contributed by atoms with van der Waals surface area (Å²) in [6.45, 7) is 1.90. The second-order valence-electron chi connectivity index (χ2n) is 2.37. The number of nitrogens with zero attached hydrogens (tertiary/aromatic N) is 2. The fraction of sp³-hybridized carbons (Fsp3) is 0.250. The van der Waals surface area contributed by atoms with E-state index in [4.69, 9.17) is 13.1 Å². The molecule has 52 valence electrons.